The Balaban J connectivity index is 1.39. The average Bonchev–Trinajstić information content (AvgIpc) is 3.21. The quantitative estimate of drug-likeness (QED) is 0.705. The van der Waals surface area contributed by atoms with Gasteiger partial charge in [-0.15, -0.1) is 0 Å². The molecule has 4 rings (SSSR count). The molecule has 2 atom stereocenters. The molecule has 7 nitrogen and oxygen atoms in total. The van der Waals surface area contributed by atoms with Crippen molar-refractivity contribution in [3.63, 3.8) is 0 Å². The number of likely N-dealkylation sites (tertiary alicyclic amines) is 2. The average molecular weight is 402 g/mol. The summed E-state index contributed by atoms with van der Waals surface area (Å²) in [7, 11) is 0. The second-order valence-electron chi connectivity index (χ2n) is 7.96. The lowest BCUT2D eigenvalue weighted by molar-refractivity contribution is -0.151. The van der Waals surface area contributed by atoms with Gasteiger partial charge >= 0.3 is 5.97 Å². The first kappa shape index (κ1) is 20.0. The molecule has 0 aliphatic carbocycles. The van der Waals surface area contributed by atoms with Crippen LogP contribution in [-0.2, 0) is 14.3 Å². The molecule has 3 aliphatic rings. The molecule has 0 N–H and O–H groups in total. The molecule has 29 heavy (non-hydrogen) atoms. The third-order valence-electron chi connectivity index (χ3n) is 6.05. The maximum atomic E-state index is 13.0. The SMILES string of the molecule is CCOC(=O)C1CCCN(C(=O)CN2CCCC2c2ccc3c(c2)OCCO3)C1. The molecule has 2 saturated heterocycles. The molecule has 7 heteroatoms. The number of nitrogens with zero attached hydrogens (tertiary/aromatic N) is 2. The maximum absolute atomic E-state index is 13.0. The highest BCUT2D eigenvalue weighted by atomic mass is 16.6. The van der Waals surface area contributed by atoms with Crippen molar-refractivity contribution in [1.82, 2.24) is 9.80 Å². The van der Waals surface area contributed by atoms with Crippen molar-refractivity contribution in [2.75, 3.05) is 46.0 Å². The van der Waals surface area contributed by atoms with Gasteiger partial charge in [0.25, 0.3) is 0 Å². The van der Waals surface area contributed by atoms with Crippen molar-refractivity contribution >= 4 is 11.9 Å². The van der Waals surface area contributed by atoms with Crippen LogP contribution in [0.2, 0.25) is 0 Å². The van der Waals surface area contributed by atoms with E-state index < -0.39 is 0 Å². The molecule has 1 amide bonds. The number of carbonyl (C=O) groups excluding carboxylic acids is 2. The summed E-state index contributed by atoms with van der Waals surface area (Å²) < 4.78 is 16.5. The van der Waals surface area contributed by atoms with Gasteiger partial charge in [0.05, 0.1) is 19.1 Å². The molecule has 0 saturated carbocycles. The zero-order valence-corrected chi connectivity index (χ0v) is 17.1. The van der Waals surface area contributed by atoms with Crippen LogP contribution in [0.3, 0.4) is 0 Å². The monoisotopic (exact) mass is 402 g/mol. The van der Waals surface area contributed by atoms with E-state index in [4.69, 9.17) is 14.2 Å². The van der Waals surface area contributed by atoms with E-state index >= 15 is 0 Å². The first-order valence-electron chi connectivity index (χ1n) is 10.7. The van der Waals surface area contributed by atoms with E-state index in [-0.39, 0.29) is 23.8 Å². The van der Waals surface area contributed by atoms with Gasteiger partial charge in [-0.25, -0.2) is 0 Å². The summed E-state index contributed by atoms with van der Waals surface area (Å²) >= 11 is 0. The summed E-state index contributed by atoms with van der Waals surface area (Å²) in [5.74, 6) is 1.31. The number of esters is 1. The predicted octanol–water partition coefficient (Wildman–Crippen LogP) is 2.40. The molecule has 0 bridgehead atoms. The molecule has 158 valence electrons. The third-order valence-corrected chi connectivity index (χ3v) is 6.05. The van der Waals surface area contributed by atoms with E-state index in [0.29, 0.717) is 32.9 Å². The van der Waals surface area contributed by atoms with Gasteiger partial charge in [-0.2, -0.15) is 0 Å². The smallest absolute Gasteiger partial charge is 0.310 e. The number of benzene rings is 1. The van der Waals surface area contributed by atoms with Crippen LogP contribution in [0.15, 0.2) is 18.2 Å². The van der Waals surface area contributed by atoms with Crippen LogP contribution in [0.5, 0.6) is 11.5 Å². The topological polar surface area (TPSA) is 68.3 Å². The lowest BCUT2D eigenvalue weighted by atomic mass is 9.98. The van der Waals surface area contributed by atoms with Gasteiger partial charge in [-0.3, -0.25) is 14.5 Å². The van der Waals surface area contributed by atoms with Crippen LogP contribution in [0, 0.1) is 5.92 Å². The number of hydrogen-bond donors (Lipinski definition) is 0. The van der Waals surface area contributed by atoms with E-state index in [1.54, 1.807) is 0 Å². The van der Waals surface area contributed by atoms with Crippen LogP contribution < -0.4 is 9.47 Å². The van der Waals surface area contributed by atoms with Gasteiger partial charge in [-0.05, 0) is 56.8 Å². The van der Waals surface area contributed by atoms with Gasteiger partial charge in [0.15, 0.2) is 11.5 Å². The summed E-state index contributed by atoms with van der Waals surface area (Å²) in [6, 6.07) is 6.31. The molecule has 1 aromatic rings. The van der Waals surface area contributed by atoms with Crippen molar-refractivity contribution in [3.05, 3.63) is 23.8 Å². The number of fused-ring (bicyclic) bond motifs is 1. The van der Waals surface area contributed by atoms with Crippen molar-refractivity contribution in [1.29, 1.82) is 0 Å². The summed E-state index contributed by atoms with van der Waals surface area (Å²) in [5, 5.41) is 0. The molecule has 3 heterocycles. The van der Waals surface area contributed by atoms with Gasteiger partial charge in [0, 0.05) is 19.1 Å². The third kappa shape index (κ3) is 4.50. The second-order valence-corrected chi connectivity index (χ2v) is 7.96. The molecule has 0 aromatic heterocycles. The van der Waals surface area contributed by atoms with E-state index in [1.807, 2.05) is 17.9 Å². The number of rotatable bonds is 5. The highest BCUT2D eigenvalue weighted by Gasteiger charge is 2.33. The first-order chi connectivity index (χ1) is 14.2. The molecule has 0 spiro atoms. The van der Waals surface area contributed by atoms with Crippen LogP contribution in [0.25, 0.3) is 0 Å². The van der Waals surface area contributed by atoms with Gasteiger partial charge in [-0.1, -0.05) is 6.07 Å². The molecule has 1 aromatic carbocycles. The zero-order valence-electron chi connectivity index (χ0n) is 17.1. The zero-order chi connectivity index (χ0) is 20.2. The first-order valence-corrected chi connectivity index (χ1v) is 10.7. The number of carbonyl (C=O) groups is 2. The Bertz CT molecular complexity index is 753. The molecular formula is C22H30N2O5. The van der Waals surface area contributed by atoms with E-state index in [1.165, 1.54) is 5.56 Å². The Morgan fingerprint density at radius 1 is 1.10 bits per heavy atom. The van der Waals surface area contributed by atoms with Crippen molar-refractivity contribution in [3.8, 4) is 11.5 Å². The fourth-order valence-corrected chi connectivity index (χ4v) is 4.59. The van der Waals surface area contributed by atoms with E-state index in [0.717, 1.165) is 50.3 Å². The number of piperidine rings is 1. The Kier molecular flexibility index (Phi) is 6.23. The van der Waals surface area contributed by atoms with Crippen LogP contribution in [-0.4, -0.2) is 67.7 Å². The molecule has 3 aliphatic heterocycles. The Hall–Kier alpha value is -2.28. The summed E-state index contributed by atoms with van der Waals surface area (Å²) in [6.45, 7) is 5.83. The lowest BCUT2D eigenvalue weighted by Gasteiger charge is -2.34. The largest absolute Gasteiger partial charge is 0.486 e. The van der Waals surface area contributed by atoms with Crippen molar-refractivity contribution in [2.24, 2.45) is 5.92 Å². The second kappa shape index (κ2) is 9.03. The number of amides is 1. The highest BCUT2D eigenvalue weighted by molar-refractivity contribution is 5.80. The standard InChI is InChI=1S/C22H30N2O5/c1-2-27-22(26)17-5-3-10-24(14-17)21(25)15-23-9-4-6-18(23)16-7-8-19-20(13-16)29-12-11-28-19/h7-8,13,17-18H,2-6,9-12,14-15H2,1H3. The molecule has 2 fully saturated rings. The van der Waals surface area contributed by atoms with Crippen molar-refractivity contribution in [2.45, 2.75) is 38.6 Å². The molecule has 2 unspecified atom stereocenters. The Morgan fingerprint density at radius 3 is 2.72 bits per heavy atom. The van der Waals surface area contributed by atoms with Gasteiger partial charge in [0.2, 0.25) is 5.91 Å². The minimum Gasteiger partial charge on any atom is -0.486 e. The fraction of sp³-hybridized carbons (Fsp3) is 0.636. The van der Waals surface area contributed by atoms with E-state index in [9.17, 15) is 9.59 Å². The summed E-state index contributed by atoms with van der Waals surface area (Å²) in [4.78, 5) is 29.1. The fourth-order valence-electron chi connectivity index (χ4n) is 4.59. The minimum atomic E-state index is -0.195. The number of hydrogen-bond acceptors (Lipinski definition) is 6. The summed E-state index contributed by atoms with van der Waals surface area (Å²) in [6.07, 6.45) is 3.74. The van der Waals surface area contributed by atoms with Crippen LogP contribution >= 0.6 is 0 Å². The predicted molar refractivity (Wildman–Crippen MR) is 107 cm³/mol. The van der Waals surface area contributed by atoms with Gasteiger partial charge < -0.3 is 19.1 Å². The molecule has 0 radical (unpaired) electrons. The van der Waals surface area contributed by atoms with Crippen LogP contribution in [0.4, 0.5) is 0 Å². The van der Waals surface area contributed by atoms with Gasteiger partial charge in [0.1, 0.15) is 13.2 Å². The molecular weight excluding hydrogens is 372 g/mol. The highest BCUT2D eigenvalue weighted by Crippen LogP contribution is 2.38. The minimum absolute atomic E-state index is 0.100. The number of ether oxygens (including phenoxy) is 3. The Labute approximate surface area is 171 Å². The van der Waals surface area contributed by atoms with Crippen LogP contribution in [0.1, 0.15) is 44.2 Å². The normalized spacial score (nSPS) is 24.4. The maximum Gasteiger partial charge on any atom is 0.310 e. The van der Waals surface area contributed by atoms with Crippen molar-refractivity contribution < 1.29 is 23.8 Å². The lowest BCUT2D eigenvalue weighted by Crippen LogP contribution is -2.46. The Morgan fingerprint density at radius 2 is 1.90 bits per heavy atom. The summed E-state index contributed by atoms with van der Waals surface area (Å²) in [5.41, 5.74) is 1.17. The van der Waals surface area contributed by atoms with E-state index in [2.05, 4.69) is 17.0 Å².